The third-order valence-electron chi connectivity index (χ3n) is 4.51. The van der Waals surface area contributed by atoms with Crippen LogP contribution >= 0.6 is 11.3 Å². The summed E-state index contributed by atoms with van der Waals surface area (Å²) in [6.07, 6.45) is 7.19. The van der Waals surface area contributed by atoms with E-state index in [-0.39, 0.29) is 11.9 Å². The second-order valence-corrected chi connectivity index (χ2v) is 7.57. The maximum Gasteiger partial charge on any atom is 0.341 e. The molecular weight excluding hydrogens is 374 g/mol. The zero-order chi connectivity index (χ0) is 19.9. The smallest absolute Gasteiger partial charge is 0.341 e. The molecule has 0 fully saturated rings. The molecule has 1 heterocycles. The number of benzene rings is 1. The predicted molar refractivity (Wildman–Crippen MR) is 112 cm³/mol. The van der Waals surface area contributed by atoms with E-state index in [1.165, 1.54) is 22.3 Å². The van der Waals surface area contributed by atoms with Gasteiger partial charge in [0.05, 0.1) is 18.8 Å². The fourth-order valence-corrected chi connectivity index (χ4v) is 4.52. The van der Waals surface area contributed by atoms with Gasteiger partial charge in [-0.05, 0) is 68.9 Å². The first-order chi connectivity index (χ1) is 13.6. The van der Waals surface area contributed by atoms with E-state index >= 15 is 0 Å². The number of esters is 1. The second-order valence-electron chi connectivity index (χ2n) is 6.46. The van der Waals surface area contributed by atoms with Gasteiger partial charge in [0.25, 0.3) is 0 Å². The highest BCUT2D eigenvalue weighted by atomic mass is 32.1. The van der Waals surface area contributed by atoms with Crippen LogP contribution in [0.5, 0.6) is 5.75 Å². The highest BCUT2D eigenvalue weighted by Crippen LogP contribution is 2.38. The fourth-order valence-electron chi connectivity index (χ4n) is 3.24. The van der Waals surface area contributed by atoms with Gasteiger partial charge in [0.2, 0.25) is 5.91 Å². The van der Waals surface area contributed by atoms with Gasteiger partial charge in [-0.1, -0.05) is 12.1 Å². The van der Waals surface area contributed by atoms with Gasteiger partial charge in [0.1, 0.15) is 10.8 Å². The van der Waals surface area contributed by atoms with Crippen LogP contribution in [0.2, 0.25) is 0 Å². The van der Waals surface area contributed by atoms with E-state index in [1.54, 1.807) is 13.0 Å². The van der Waals surface area contributed by atoms with Crippen LogP contribution in [0.25, 0.3) is 6.08 Å². The molecule has 0 saturated heterocycles. The first-order valence-corrected chi connectivity index (χ1v) is 10.5. The number of hydrogen-bond acceptors (Lipinski definition) is 5. The summed E-state index contributed by atoms with van der Waals surface area (Å²) in [4.78, 5) is 26.1. The summed E-state index contributed by atoms with van der Waals surface area (Å²) in [5, 5.41) is 3.47. The molecule has 1 aromatic carbocycles. The van der Waals surface area contributed by atoms with Crippen LogP contribution in [0.1, 0.15) is 53.1 Å². The summed E-state index contributed by atoms with van der Waals surface area (Å²) < 4.78 is 10.6. The molecule has 1 aromatic heterocycles. The summed E-state index contributed by atoms with van der Waals surface area (Å²) >= 11 is 1.49. The fraction of sp³-hybridized carbons (Fsp3) is 0.364. The van der Waals surface area contributed by atoms with E-state index in [4.69, 9.17) is 9.47 Å². The summed E-state index contributed by atoms with van der Waals surface area (Å²) in [5.74, 6) is 0.179. The molecule has 148 valence electrons. The van der Waals surface area contributed by atoms with Crippen LogP contribution in [-0.2, 0) is 22.4 Å². The third-order valence-corrected chi connectivity index (χ3v) is 5.71. The number of aryl methyl sites for hydroxylation is 1. The van der Waals surface area contributed by atoms with E-state index in [0.717, 1.165) is 42.6 Å². The van der Waals surface area contributed by atoms with Crippen molar-refractivity contribution in [1.82, 2.24) is 0 Å². The van der Waals surface area contributed by atoms with Crippen molar-refractivity contribution < 1.29 is 19.1 Å². The number of amides is 1. The Morgan fingerprint density at radius 1 is 1.11 bits per heavy atom. The minimum atomic E-state index is -0.354. The van der Waals surface area contributed by atoms with Crippen LogP contribution in [0.15, 0.2) is 30.3 Å². The normalized spacial score (nSPS) is 13.2. The van der Waals surface area contributed by atoms with Gasteiger partial charge in [0, 0.05) is 11.0 Å². The number of rotatable bonds is 7. The summed E-state index contributed by atoms with van der Waals surface area (Å²) in [6, 6.07) is 7.52. The first-order valence-electron chi connectivity index (χ1n) is 9.66. The minimum absolute atomic E-state index is 0.266. The molecule has 2 aromatic rings. The molecule has 6 heteroatoms. The maximum atomic E-state index is 12.4. The van der Waals surface area contributed by atoms with Gasteiger partial charge in [-0.2, -0.15) is 0 Å². The molecule has 3 rings (SSSR count). The Balaban J connectivity index is 1.74. The maximum absolute atomic E-state index is 12.4. The van der Waals surface area contributed by atoms with Crippen LogP contribution in [0, 0.1) is 0 Å². The third kappa shape index (κ3) is 4.81. The highest BCUT2D eigenvalue weighted by molar-refractivity contribution is 7.17. The largest absolute Gasteiger partial charge is 0.494 e. The Kier molecular flexibility index (Phi) is 6.87. The van der Waals surface area contributed by atoms with Gasteiger partial charge >= 0.3 is 5.97 Å². The Morgan fingerprint density at radius 2 is 1.86 bits per heavy atom. The Labute approximate surface area is 169 Å². The topological polar surface area (TPSA) is 64.6 Å². The van der Waals surface area contributed by atoms with Crippen molar-refractivity contribution >= 4 is 34.3 Å². The quantitative estimate of drug-likeness (QED) is 0.534. The molecule has 0 radical (unpaired) electrons. The number of carbonyl (C=O) groups excluding carboxylic acids is 2. The molecule has 0 saturated carbocycles. The molecular formula is C22H25NO4S. The standard InChI is InChI=1S/C22H25NO4S/c1-3-26-16-12-9-15(10-13-16)11-14-19(24)23-21-20(22(25)27-4-2)17-7-5-6-8-18(17)28-21/h9-14H,3-8H2,1-2H3,(H,23,24)/b14-11+. The molecule has 1 amide bonds. The van der Waals surface area contributed by atoms with Crippen molar-refractivity contribution in [3.8, 4) is 5.75 Å². The molecule has 1 aliphatic carbocycles. The summed E-state index contributed by atoms with van der Waals surface area (Å²) in [6.45, 7) is 4.65. The van der Waals surface area contributed by atoms with E-state index in [1.807, 2.05) is 31.2 Å². The number of fused-ring (bicyclic) bond motifs is 1. The van der Waals surface area contributed by atoms with Crippen molar-refractivity contribution in [2.75, 3.05) is 18.5 Å². The van der Waals surface area contributed by atoms with E-state index < -0.39 is 0 Å². The van der Waals surface area contributed by atoms with Gasteiger partial charge in [0.15, 0.2) is 0 Å². The van der Waals surface area contributed by atoms with Crippen molar-refractivity contribution in [1.29, 1.82) is 0 Å². The molecule has 0 unspecified atom stereocenters. The van der Waals surface area contributed by atoms with Crippen molar-refractivity contribution in [2.24, 2.45) is 0 Å². The first kappa shape index (κ1) is 20.1. The van der Waals surface area contributed by atoms with Gasteiger partial charge in [-0.15, -0.1) is 11.3 Å². The minimum Gasteiger partial charge on any atom is -0.494 e. The zero-order valence-corrected chi connectivity index (χ0v) is 17.1. The number of ether oxygens (including phenoxy) is 2. The Hall–Kier alpha value is -2.60. The Bertz CT molecular complexity index is 867. The Morgan fingerprint density at radius 3 is 2.57 bits per heavy atom. The number of nitrogens with one attached hydrogen (secondary N) is 1. The SMILES string of the molecule is CCOC(=O)c1c(NC(=O)/C=C/c2ccc(OCC)cc2)sc2c1CCCC2. The zero-order valence-electron chi connectivity index (χ0n) is 16.2. The predicted octanol–water partition coefficient (Wildman–Crippen LogP) is 4.85. The lowest BCUT2D eigenvalue weighted by Crippen LogP contribution is -2.14. The lowest BCUT2D eigenvalue weighted by molar-refractivity contribution is -0.111. The summed E-state index contributed by atoms with van der Waals surface area (Å²) in [5.41, 5.74) is 2.47. The van der Waals surface area contributed by atoms with E-state index in [2.05, 4.69) is 5.32 Å². The molecule has 1 aliphatic rings. The van der Waals surface area contributed by atoms with Crippen LogP contribution in [0.3, 0.4) is 0 Å². The molecule has 0 atom stereocenters. The number of thiophene rings is 1. The van der Waals surface area contributed by atoms with Gasteiger partial charge < -0.3 is 14.8 Å². The van der Waals surface area contributed by atoms with Crippen molar-refractivity contribution in [2.45, 2.75) is 39.5 Å². The lowest BCUT2D eigenvalue weighted by atomic mass is 9.95. The lowest BCUT2D eigenvalue weighted by Gasteiger charge is -2.12. The highest BCUT2D eigenvalue weighted by Gasteiger charge is 2.26. The number of anilines is 1. The second kappa shape index (κ2) is 9.55. The molecule has 0 spiro atoms. The summed E-state index contributed by atoms with van der Waals surface area (Å²) in [7, 11) is 0. The van der Waals surface area contributed by atoms with Crippen molar-refractivity contribution in [3.05, 3.63) is 51.9 Å². The van der Waals surface area contributed by atoms with E-state index in [9.17, 15) is 9.59 Å². The molecule has 0 aliphatic heterocycles. The number of hydrogen-bond donors (Lipinski definition) is 1. The van der Waals surface area contributed by atoms with Crippen LogP contribution < -0.4 is 10.1 Å². The molecule has 5 nitrogen and oxygen atoms in total. The van der Waals surface area contributed by atoms with Crippen LogP contribution in [0.4, 0.5) is 5.00 Å². The van der Waals surface area contributed by atoms with Gasteiger partial charge in [-0.25, -0.2) is 4.79 Å². The molecule has 0 bridgehead atoms. The van der Waals surface area contributed by atoms with Crippen LogP contribution in [-0.4, -0.2) is 25.1 Å². The monoisotopic (exact) mass is 399 g/mol. The average molecular weight is 400 g/mol. The molecule has 1 N–H and O–H groups in total. The average Bonchev–Trinajstić information content (AvgIpc) is 3.05. The van der Waals surface area contributed by atoms with Gasteiger partial charge in [-0.3, -0.25) is 4.79 Å². The van der Waals surface area contributed by atoms with Crippen molar-refractivity contribution in [3.63, 3.8) is 0 Å². The molecule has 28 heavy (non-hydrogen) atoms. The number of carbonyl (C=O) groups is 2. The van der Waals surface area contributed by atoms with E-state index in [0.29, 0.717) is 23.8 Å².